The maximum Gasteiger partial charge on any atom is 0.308 e. The normalized spacial score (nSPS) is 17.1. The van der Waals surface area contributed by atoms with Crippen LogP contribution in [0.5, 0.6) is 17.2 Å². The molecule has 0 spiro atoms. The SMILES string of the molecule is COC(=O)C1CCN(C(=O)[C@H](C)Nc2ccc3c(cc2=O)[C@@H](NC(C)=O)CCc2cc(OC)c(OC)c(OC)c2-3)CC1. The molecule has 0 saturated carbocycles. The van der Waals surface area contributed by atoms with Crippen LogP contribution in [0.4, 0.5) is 5.69 Å². The fourth-order valence-corrected chi connectivity index (χ4v) is 5.90. The molecule has 226 valence electrons. The zero-order valence-corrected chi connectivity index (χ0v) is 25.0. The third kappa shape index (κ3) is 6.14. The average molecular weight is 582 g/mol. The van der Waals surface area contributed by atoms with Crippen molar-refractivity contribution in [2.24, 2.45) is 5.92 Å². The Balaban J connectivity index is 1.73. The molecule has 0 radical (unpaired) electrons. The first kappa shape index (κ1) is 30.7. The summed E-state index contributed by atoms with van der Waals surface area (Å²) < 4.78 is 21.9. The number of carbonyl (C=O) groups excluding carboxylic acids is 3. The van der Waals surface area contributed by atoms with Crippen LogP contribution in [0.15, 0.2) is 29.1 Å². The summed E-state index contributed by atoms with van der Waals surface area (Å²) in [6.07, 6.45) is 2.20. The van der Waals surface area contributed by atoms with E-state index < -0.39 is 12.1 Å². The van der Waals surface area contributed by atoms with Gasteiger partial charge < -0.3 is 34.5 Å². The molecular formula is C31H39N3O8. The van der Waals surface area contributed by atoms with Crippen molar-refractivity contribution >= 4 is 23.5 Å². The van der Waals surface area contributed by atoms with E-state index in [2.05, 4.69) is 10.6 Å². The highest BCUT2D eigenvalue weighted by molar-refractivity contribution is 5.86. The van der Waals surface area contributed by atoms with E-state index in [0.717, 1.165) is 11.1 Å². The second kappa shape index (κ2) is 13.1. The Morgan fingerprint density at radius 3 is 2.24 bits per heavy atom. The van der Waals surface area contributed by atoms with E-state index in [1.165, 1.54) is 27.2 Å². The van der Waals surface area contributed by atoms with Gasteiger partial charge in [0.25, 0.3) is 0 Å². The number of amides is 2. The van der Waals surface area contributed by atoms with Crippen molar-refractivity contribution in [2.75, 3.05) is 46.8 Å². The third-order valence-electron chi connectivity index (χ3n) is 8.00. The summed E-state index contributed by atoms with van der Waals surface area (Å²) in [7, 11) is 6.00. The van der Waals surface area contributed by atoms with Gasteiger partial charge in [0.2, 0.25) is 23.0 Å². The highest BCUT2D eigenvalue weighted by Gasteiger charge is 2.31. The average Bonchev–Trinajstić information content (AvgIpc) is 3.23. The van der Waals surface area contributed by atoms with Crippen molar-refractivity contribution in [1.29, 1.82) is 0 Å². The van der Waals surface area contributed by atoms with Crippen molar-refractivity contribution in [2.45, 2.75) is 51.6 Å². The van der Waals surface area contributed by atoms with Crippen LogP contribution in [0.1, 0.15) is 50.3 Å². The number of nitrogens with one attached hydrogen (secondary N) is 2. The Morgan fingerprint density at radius 1 is 0.952 bits per heavy atom. The minimum absolute atomic E-state index is 0.161. The van der Waals surface area contributed by atoms with E-state index in [9.17, 15) is 19.2 Å². The maximum absolute atomic E-state index is 13.6. The second-order valence-corrected chi connectivity index (χ2v) is 10.6. The van der Waals surface area contributed by atoms with Crippen LogP contribution in [-0.2, 0) is 25.5 Å². The Kier molecular flexibility index (Phi) is 9.59. The summed E-state index contributed by atoms with van der Waals surface area (Å²) in [5.74, 6) is 0.551. The number of ether oxygens (including phenoxy) is 4. The predicted octanol–water partition coefficient (Wildman–Crippen LogP) is 3.08. The number of likely N-dealkylation sites (tertiary alicyclic amines) is 1. The highest BCUT2D eigenvalue weighted by atomic mass is 16.5. The number of nitrogens with zero attached hydrogens (tertiary/aromatic N) is 1. The van der Waals surface area contributed by atoms with Gasteiger partial charge >= 0.3 is 5.97 Å². The van der Waals surface area contributed by atoms with Gasteiger partial charge in [-0.05, 0) is 67.5 Å². The number of aryl methyl sites for hydroxylation is 1. The van der Waals surface area contributed by atoms with Crippen LogP contribution < -0.4 is 30.3 Å². The molecule has 1 heterocycles. The molecule has 2 aliphatic rings. The molecule has 11 nitrogen and oxygen atoms in total. The first-order chi connectivity index (χ1) is 20.1. The van der Waals surface area contributed by atoms with Crippen LogP contribution in [0, 0.1) is 5.92 Å². The van der Waals surface area contributed by atoms with Crippen LogP contribution in [0.25, 0.3) is 11.1 Å². The molecule has 0 unspecified atom stereocenters. The van der Waals surface area contributed by atoms with E-state index in [0.29, 0.717) is 67.1 Å². The molecule has 11 heteroatoms. The number of rotatable bonds is 8. The molecule has 2 amide bonds. The first-order valence-corrected chi connectivity index (χ1v) is 14.0. The van der Waals surface area contributed by atoms with Crippen molar-refractivity contribution < 1.29 is 33.3 Å². The van der Waals surface area contributed by atoms with Gasteiger partial charge in [0.05, 0.1) is 46.1 Å². The molecule has 4 rings (SSSR count). The molecule has 1 saturated heterocycles. The summed E-state index contributed by atoms with van der Waals surface area (Å²) in [4.78, 5) is 52.6. The van der Waals surface area contributed by atoms with Crippen molar-refractivity contribution in [1.82, 2.24) is 10.2 Å². The topological polar surface area (TPSA) is 132 Å². The van der Waals surface area contributed by atoms with E-state index in [1.54, 1.807) is 32.1 Å². The summed E-state index contributed by atoms with van der Waals surface area (Å²) in [6.45, 7) is 4.03. The summed E-state index contributed by atoms with van der Waals surface area (Å²) in [5.41, 5.74) is 2.93. The molecule has 1 fully saturated rings. The first-order valence-electron chi connectivity index (χ1n) is 14.0. The third-order valence-corrected chi connectivity index (χ3v) is 8.00. The van der Waals surface area contributed by atoms with Gasteiger partial charge in [0, 0.05) is 25.6 Å². The predicted molar refractivity (Wildman–Crippen MR) is 157 cm³/mol. The summed E-state index contributed by atoms with van der Waals surface area (Å²) in [5, 5.41) is 6.09. The smallest absolute Gasteiger partial charge is 0.308 e. The monoisotopic (exact) mass is 581 g/mol. The minimum Gasteiger partial charge on any atom is -0.493 e. The van der Waals surface area contributed by atoms with E-state index >= 15 is 0 Å². The number of anilines is 1. The molecule has 0 bridgehead atoms. The maximum atomic E-state index is 13.6. The second-order valence-electron chi connectivity index (χ2n) is 10.6. The largest absolute Gasteiger partial charge is 0.493 e. The lowest BCUT2D eigenvalue weighted by Gasteiger charge is -2.32. The molecule has 1 aliphatic heterocycles. The molecule has 2 N–H and O–H groups in total. The fourth-order valence-electron chi connectivity index (χ4n) is 5.90. The van der Waals surface area contributed by atoms with E-state index in [1.807, 2.05) is 12.1 Å². The van der Waals surface area contributed by atoms with Gasteiger partial charge in [0.15, 0.2) is 11.5 Å². The molecular weight excluding hydrogens is 542 g/mol. The number of fused-ring (bicyclic) bond motifs is 3. The fraction of sp³-hybridized carbons (Fsp3) is 0.484. The number of benzene rings is 1. The van der Waals surface area contributed by atoms with Crippen LogP contribution in [0.2, 0.25) is 0 Å². The number of carbonyl (C=O) groups is 3. The Hall–Kier alpha value is -4.28. The zero-order chi connectivity index (χ0) is 30.6. The quantitative estimate of drug-likeness (QED) is 0.452. The highest BCUT2D eigenvalue weighted by Crippen LogP contribution is 2.50. The molecule has 1 aliphatic carbocycles. The number of hydrogen-bond donors (Lipinski definition) is 2. The molecule has 2 atom stereocenters. The Labute approximate surface area is 245 Å². The van der Waals surface area contributed by atoms with E-state index in [4.69, 9.17) is 18.9 Å². The summed E-state index contributed by atoms with van der Waals surface area (Å²) >= 11 is 0. The van der Waals surface area contributed by atoms with E-state index in [-0.39, 0.29) is 34.8 Å². The van der Waals surface area contributed by atoms with Gasteiger partial charge in [0.1, 0.15) is 6.04 Å². The lowest BCUT2D eigenvalue weighted by atomic mass is 9.95. The van der Waals surface area contributed by atoms with Gasteiger partial charge in [-0.2, -0.15) is 0 Å². The minimum atomic E-state index is -0.688. The Bertz CT molecular complexity index is 1420. The number of esters is 1. The van der Waals surface area contributed by atoms with Gasteiger partial charge in [-0.15, -0.1) is 0 Å². The number of methoxy groups -OCH3 is 4. The summed E-state index contributed by atoms with van der Waals surface area (Å²) in [6, 6.07) is 5.76. The Morgan fingerprint density at radius 2 is 1.64 bits per heavy atom. The van der Waals surface area contributed by atoms with Crippen molar-refractivity contribution in [3.05, 3.63) is 45.6 Å². The van der Waals surface area contributed by atoms with Gasteiger partial charge in [-0.3, -0.25) is 19.2 Å². The van der Waals surface area contributed by atoms with Crippen molar-refractivity contribution in [3.63, 3.8) is 0 Å². The van der Waals surface area contributed by atoms with Crippen molar-refractivity contribution in [3.8, 4) is 28.4 Å². The zero-order valence-electron chi connectivity index (χ0n) is 25.0. The standard InChI is InChI=1S/C31H39N3O8/c1-17(30(37)34-13-11-19(12-14-34)31(38)42-6)32-24-10-8-21-22(16-25(24)36)23(33-18(2)35)9-7-20-15-26(39-3)28(40-4)29(41-5)27(20)21/h8,10,15-17,19,23H,7,9,11-14H2,1-6H3,(H,32,36)(H,33,35)/t17-,23-/m0/s1. The van der Waals surface area contributed by atoms with Gasteiger partial charge in [-0.25, -0.2) is 0 Å². The van der Waals surface area contributed by atoms with Crippen LogP contribution in [-0.4, -0.2) is 70.3 Å². The molecule has 2 aromatic carbocycles. The number of piperidine rings is 1. The van der Waals surface area contributed by atoms with Crippen LogP contribution in [0.3, 0.4) is 0 Å². The number of hydrogen-bond acceptors (Lipinski definition) is 9. The van der Waals surface area contributed by atoms with Gasteiger partial charge in [-0.1, -0.05) is 6.07 Å². The van der Waals surface area contributed by atoms with Crippen LogP contribution >= 0.6 is 0 Å². The lowest BCUT2D eigenvalue weighted by molar-refractivity contribution is -0.149. The molecule has 42 heavy (non-hydrogen) atoms. The molecule has 2 aromatic rings. The molecule has 0 aromatic heterocycles. The lowest BCUT2D eigenvalue weighted by Crippen LogP contribution is -2.46.